The van der Waals surface area contributed by atoms with Gasteiger partial charge in [-0.3, -0.25) is 9.36 Å². The maximum Gasteiger partial charge on any atom is 0.192 e. The lowest BCUT2D eigenvalue weighted by Crippen LogP contribution is -2.23. The first-order valence-electron chi connectivity index (χ1n) is 9.21. The topological polar surface area (TPSA) is 57.0 Å². The van der Waals surface area contributed by atoms with Crippen molar-refractivity contribution in [1.82, 2.24) is 14.8 Å². The Hall–Kier alpha value is -1.73. The van der Waals surface area contributed by atoms with Gasteiger partial charge >= 0.3 is 0 Å². The van der Waals surface area contributed by atoms with Crippen LogP contribution >= 0.6 is 11.8 Å². The summed E-state index contributed by atoms with van der Waals surface area (Å²) in [5.41, 5.74) is 0.818. The molecule has 7 heteroatoms. The second-order valence-corrected chi connectivity index (χ2v) is 8.05. The molecule has 1 aromatic carbocycles. The normalized spacial score (nSPS) is 23.5. The van der Waals surface area contributed by atoms with Crippen molar-refractivity contribution in [3.63, 3.8) is 0 Å². The maximum atomic E-state index is 13.3. The molecule has 2 atom stereocenters. The number of nitrogens with zero attached hydrogens (tertiary/aromatic N) is 3. The van der Waals surface area contributed by atoms with Crippen molar-refractivity contribution >= 4 is 17.5 Å². The minimum Gasteiger partial charge on any atom is -0.376 e. The van der Waals surface area contributed by atoms with Gasteiger partial charge in [0.25, 0.3) is 0 Å². The third-order valence-electron chi connectivity index (χ3n) is 4.98. The summed E-state index contributed by atoms with van der Waals surface area (Å²) in [6.07, 6.45) is 5.81. The summed E-state index contributed by atoms with van der Waals surface area (Å²) in [7, 11) is 0. The number of thioether (sulfide) groups is 1. The van der Waals surface area contributed by atoms with Crippen molar-refractivity contribution in [2.24, 2.45) is 0 Å². The predicted octanol–water partition coefficient (Wildman–Crippen LogP) is 3.87. The fraction of sp³-hybridized carbons (Fsp3) is 0.526. The zero-order valence-corrected chi connectivity index (χ0v) is 15.4. The van der Waals surface area contributed by atoms with Gasteiger partial charge in [0.2, 0.25) is 0 Å². The number of hydrogen-bond acceptors (Lipinski definition) is 5. The van der Waals surface area contributed by atoms with Crippen molar-refractivity contribution in [3.8, 4) is 11.4 Å². The van der Waals surface area contributed by atoms with Crippen LogP contribution in [0.1, 0.15) is 38.5 Å². The molecular weight excluding hydrogens is 353 g/mol. The minimum absolute atomic E-state index is 0.0442. The van der Waals surface area contributed by atoms with E-state index in [2.05, 4.69) is 10.2 Å². The Bertz CT molecular complexity index is 772. The number of ether oxygens (including phenoxy) is 1. The van der Waals surface area contributed by atoms with Crippen LogP contribution in [0.2, 0.25) is 0 Å². The molecule has 0 radical (unpaired) electrons. The molecule has 0 unspecified atom stereocenters. The van der Waals surface area contributed by atoms with Crippen LogP contribution in [0.4, 0.5) is 4.39 Å². The third-order valence-corrected chi connectivity index (χ3v) is 6.27. The van der Waals surface area contributed by atoms with Gasteiger partial charge in [-0.1, -0.05) is 18.2 Å². The SMILES string of the molecule is O=C1CCCC[C@@H]1Sc1nnc(-c2ccc(F)cc2)n1C[C@H]1CCCO1. The lowest BCUT2D eigenvalue weighted by atomic mass is 9.99. The molecule has 2 heterocycles. The Morgan fingerprint density at radius 2 is 2.00 bits per heavy atom. The maximum absolute atomic E-state index is 13.3. The van der Waals surface area contributed by atoms with Crippen LogP contribution in [0.15, 0.2) is 29.4 Å². The molecule has 1 saturated heterocycles. The number of benzene rings is 1. The number of hydrogen-bond donors (Lipinski definition) is 0. The molecule has 0 bridgehead atoms. The van der Waals surface area contributed by atoms with Crippen LogP contribution in [0, 0.1) is 5.82 Å². The Balaban J connectivity index is 1.63. The third kappa shape index (κ3) is 3.83. The Morgan fingerprint density at radius 3 is 2.73 bits per heavy atom. The molecule has 2 aromatic rings. The van der Waals surface area contributed by atoms with Gasteiger partial charge < -0.3 is 4.74 Å². The summed E-state index contributed by atoms with van der Waals surface area (Å²) in [5, 5.41) is 9.42. The van der Waals surface area contributed by atoms with Gasteiger partial charge in [-0.2, -0.15) is 0 Å². The molecule has 0 N–H and O–H groups in total. The molecule has 1 saturated carbocycles. The van der Waals surface area contributed by atoms with E-state index in [-0.39, 0.29) is 17.2 Å². The average Bonchev–Trinajstić information content (AvgIpc) is 3.29. The standard InChI is InChI=1S/C19H22FN3O2S/c20-14-9-7-13(8-10-14)18-21-22-19(23(18)12-15-4-3-11-25-15)26-17-6-2-1-5-16(17)24/h7-10,15,17H,1-6,11-12H2/t15-,17+/m1/s1. The highest BCUT2D eigenvalue weighted by Crippen LogP contribution is 2.33. The Morgan fingerprint density at radius 1 is 1.15 bits per heavy atom. The largest absolute Gasteiger partial charge is 0.376 e. The zero-order chi connectivity index (χ0) is 17.9. The second kappa shape index (κ2) is 7.88. The molecule has 0 amide bonds. The number of carbonyl (C=O) groups excluding carboxylic acids is 1. The van der Waals surface area contributed by atoms with Gasteiger partial charge in [0, 0.05) is 18.6 Å². The van der Waals surface area contributed by atoms with E-state index in [1.165, 1.54) is 23.9 Å². The molecule has 5 nitrogen and oxygen atoms in total. The highest BCUT2D eigenvalue weighted by molar-refractivity contribution is 8.00. The van der Waals surface area contributed by atoms with Crippen LogP contribution in [0.3, 0.4) is 0 Å². The van der Waals surface area contributed by atoms with Gasteiger partial charge in [0.15, 0.2) is 11.0 Å². The highest BCUT2D eigenvalue weighted by atomic mass is 32.2. The zero-order valence-electron chi connectivity index (χ0n) is 14.6. The van der Waals surface area contributed by atoms with Crippen molar-refractivity contribution in [1.29, 1.82) is 0 Å². The monoisotopic (exact) mass is 375 g/mol. The molecular formula is C19H22FN3O2S. The van der Waals surface area contributed by atoms with Crippen LogP contribution in [0.5, 0.6) is 0 Å². The quantitative estimate of drug-likeness (QED) is 0.794. The summed E-state index contributed by atoms with van der Waals surface area (Å²) in [6, 6.07) is 6.28. The van der Waals surface area contributed by atoms with Crippen molar-refractivity contribution in [2.45, 2.75) is 61.6 Å². The lowest BCUT2D eigenvalue weighted by molar-refractivity contribution is -0.119. The van der Waals surface area contributed by atoms with Crippen LogP contribution in [-0.2, 0) is 16.1 Å². The smallest absolute Gasteiger partial charge is 0.192 e. The number of aromatic nitrogens is 3. The van der Waals surface area contributed by atoms with E-state index in [0.29, 0.717) is 24.6 Å². The van der Waals surface area contributed by atoms with E-state index in [1.807, 2.05) is 4.57 Å². The number of halogens is 1. The van der Waals surface area contributed by atoms with E-state index in [4.69, 9.17) is 4.74 Å². The van der Waals surface area contributed by atoms with E-state index >= 15 is 0 Å². The first kappa shape index (κ1) is 17.7. The molecule has 138 valence electrons. The molecule has 1 aromatic heterocycles. The summed E-state index contributed by atoms with van der Waals surface area (Å²) in [5.74, 6) is 0.726. The molecule has 2 fully saturated rings. The van der Waals surface area contributed by atoms with Crippen LogP contribution < -0.4 is 0 Å². The lowest BCUT2D eigenvalue weighted by Gasteiger charge is -2.20. The van der Waals surface area contributed by atoms with Gasteiger partial charge in [-0.25, -0.2) is 4.39 Å². The second-order valence-electron chi connectivity index (χ2n) is 6.88. The van der Waals surface area contributed by atoms with E-state index in [9.17, 15) is 9.18 Å². The Labute approximate surface area is 156 Å². The van der Waals surface area contributed by atoms with Gasteiger partial charge in [-0.05, 0) is 49.9 Å². The Kier molecular flexibility index (Phi) is 5.36. The summed E-state index contributed by atoms with van der Waals surface area (Å²) >= 11 is 1.51. The van der Waals surface area contributed by atoms with Gasteiger partial charge in [-0.15, -0.1) is 10.2 Å². The summed E-state index contributed by atoms with van der Waals surface area (Å²) in [4.78, 5) is 12.2. The number of carbonyl (C=O) groups is 1. The van der Waals surface area contributed by atoms with Gasteiger partial charge in [0.05, 0.1) is 17.9 Å². The van der Waals surface area contributed by atoms with Crippen molar-refractivity contribution < 1.29 is 13.9 Å². The van der Waals surface area contributed by atoms with Crippen molar-refractivity contribution in [2.75, 3.05) is 6.61 Å². The fourth-order valence-corrected chi connectivity index (χ4v) is 4.71. The first-order chi connectivity index (χ1) is 12.7. The van der Waals surface area contributed by atoms with E-state index < -0.39 is 0 Å². The molecule has 1 aliphatic carbocycles. The van der Waals surface area contributed by atoms with E-state index in [1.54, 1.807) is 12.1 Å². The number of Topliss-reactive ketones (excluding diaryl/α,β-unsaturated/α-hetero) is 1. The van der Waals surface area contributed by atoms with Crippen molar-refractivity contribution in [3.05, 3.63) is 30.1 Å². The summed E-state index contributed by atoms with van der Waals surface area (Å²) in [6.45, 7) is 1.44. The first-order valence-corrected chi connectivity index (χ1v) is 10.1. The van der Waals surface area contributed by atoms with Gasteiger partial charge in [0.1, 0.15) is 11.6 Å². The molecule has 2 aliphatic rings. The minimum atomic E-state index is -0.277. The van der Waals surface area contributed by atoms with Crippen LogP contribution in [-0.4, -0.2) is 38.5 Å². The van der Waals surface area contributed by atoms with E-state index in [0.717, 1.165) is 49.4 Å². The molecule has 1 aliphatic heterocycles. The van der Waals surface area contributed by atoms with Crippen LogP contribution in [0.25, 0.3) is 11.4 Å². The molecule has 4 rings (SSSR count). The summed E-state index contributed by atoms with van der Waals surface area (Å²) < 4.78 is 21.1. The molecule has 26 heavy (non-hydrogen) atoms. The predicted molar refractivity (Wildman–Crippen MR) is 97.5 cm³/mol. The molecule has 0 spiro atoms. The fourth-order valence-electron chi connectivity index (χ4n) is 3.55. The number of ketones is 1. The highest BCUT2D eigenvalue weighted by Gasteiger charge is 2.28. The number of rotatable bonds is 5. The average molecular weight is 375 g/mol.